The normalized spacial score (nSPS) is 13.8. The van der Waals surface area contributed by atoms with Crippen molar-refractivity contribution in [2.75, 3.05) is 26.8 Å². The van der Waals surface area contributed by atoms with Crippen LogP contribution in [0.5, 0.6) is 0 Å². The van der Waals surface area contributed by atoms with Crippen LogP contribution in [0.25, 0.3) is 0 Å². The van der Waals surface area contributed by atoms with Crippen LogP contribution in [0.15, 0.2) is 0 Å². The predicted octanol–water partition coefficient (Wildman–Crippen LogP) is 0.596. The maximum Gasteiger partial charge on any atom is 0.0477 e. The van der Waals surface area contributed by atoms with Crippen molar-refractivity contribution in [2.45, 2.75) is 26.3 Å². The summed E-state index contributed by atoms with van der Waals surface area (Å²) >= 11 is 0. The number of methoxy groups -OCH3 is 1. The van der Waals surface area contributed by atoms with Gasteiger partial charge in [0, 0.05) is 26.3 Å². The Labute approximate surface area is 75.7 Å². The fraction of sp³-hybridized carbons (Fsp3) is 1.00. The van der Waals surface area contributed by atoms with Gasteiger partial charge in [-0.3, -0.25) is 0 Å². The molecular weight excluding hydrogens is 152 g/mol. The Morgan fingerprint density at radius 1 is 1.33 bits per heavy atom. The highest BCUT2D eigenvalue weighted by molar-refractivity contribution is 4.64. The van der Waals surface area contributed by atoms with Gasteiger partial charge < -0.3 is 15.8 Å². The molecule has 0 saturated carbocycles. The van der Waals surface area contributed by atoms with Gasteiger partial charge in [-0.15, -0.1) is 0 Å². The number of nitrogens with one attached hydrogen (secondary N) is 1. The molecule has 1 atom stereocenters. The molecule has 0 rings (SSSR count). The molecule has 1 unspecified atom stereocenters. The van der Waals surface area contributed by atoms with Crippen LogP contribution in [0.2, 0.25) is 0 Å². The summed E-state index contributed by atoms with van der Waals surface area (Å²) in [6.45, 7) is 7.06. The Morgan fingerprint density at radius 2 is 2.00 bits per heavy atom. The number of hydrogen-bond acceptors (Lipinski definition) is 3. The van der Waals surface area contributed by atoms with E-state index in [-0.39, 0.29) is 6.04 Å². The molecule has 0 bridgehead atoms. The summed E-state index contributed by atoms with van der Waals surface area (Å²) in [7, 11) is 1.70. The second-order valence-electron chi connectivity index (χ2n) is 3.59. The van der Waals surface area contributed by atoms with E-state index in [2.05, 4.69) is 19.2 Å². The second kappa shape index (κ2) is 7.53. The Bertz CT molecular complexity index is 96.5. The van der Waals surface area contributed by atoms with Crippen molar-refractivity contribution in [3.05, 3.63) is 0 Å². The molecule has 0 aromatic carbocycles. The minimum atomic E-state index is 0.226. The fourth-order valence-corrected chi connectivity index (χ4v) is 0.929. The average Bonchev–Trinajstić information content (AvgIpc) is 2.00. The third kappa shape index (κ3) is 7.98. The third-order valence-electron chi connectivity index (χ3n) is 1.65. The summed E-state index contributed by atoms with van der Waals surface area (Å²) in [4.78, 5) is 0. The predicted molar refractivity (Wildman–Crippen MR) is 52.2 cm³/mol. The van der Waals surface area contributed by atoms with Crippen molar-refractivity contribution in [2.24, 2.45) is 11.7 Å². The topological polar surface area (TPSA) is 47.3 Å². The van der Waals surface area contributed by atoms with E-state index >= 15 is 0 Å². The maximum atomic E-state index is 5.80. The number of nitrogens with two attached hydrogens (primary N) is 1. The molecule has 0 aromatic rings. The first-order valence-electron chi connectivity index (χ1n) is 4.62. The van der Waals surface area contributed by atoms with Crippen molar-refractivity contribution < 1.29 is 4.74 Å². The Morgan fingerprint density at radius 3 is 2.50 bits per heavy atom. The van der Waals surface area contributed by atoms with E-state index in [1.54, 1.807) is 7.11 Å². The first-order valence-corrected chi connectivity index (χ1v) is 4.62. The van der Waals surface area contributed by atoms with E-state index < -0.39 is 0 Å². The van der Waals surface area contributed by atoms with Gasteiger partial charge in [0.2, 0.25) is 0 Å². The van der Waals surface area contributed by atoms with Gasteiger partial charge in [0.05, 0.1) is 0 Å². The van der Waals surface area contributed by atoms with Crippen molar-refractivity contribution in [1.82, 2.24) is 5.32 Å². The highest BCUT2D eigenvalue weighted by Crippen LogP contribution is 1.89. The molecule has 3 nitrogen and oxygen atoms in total. The van der Waals surface area contributed by atoms with Crippen LogP contribution in [0.1, 0.15) is 20.3 Å². The SMILES string of the molecule is COCCC(N)CNCC(C)C. The summed E-state index contributed by atoms with van der Waals surface area (Å²) in [5, 5.41) is 3.31. The monoisotopic (exact) mass is 174 g/mol. The summed E-state index contributed by atoms with van der Waals surface area (Å²) in [5.74, 6) is 0.694. The minimum Gasteiger partial charge on any atom is -0.385 e. The van der Waals surface area contributed by atoms with E-state index in [1.165, 1.54) is 0 Å². The molecule has 0 spiro atoms. The van der Waals surface area contributed by atoms with Crippen LogP contribution < -0.4 is 11.1 Å². The van der Waals surface area contributed by atoms with Gasteiger partial charge in [-0.05, 0) is 18.9 Å². The quantitative estimate of drug-likeness (QED) is 0.594. The van der Waals surface area contributed by atoms with Crippen molar-refractivity contribution in [1.29, 1.82) is 0 Å². The zero-order chi connectivity index (χ0) is 9.40. The van der Waals surface area contributed by atoms with Gasteiger partial charge >= 0.3 is 0 Å². The van der Waals surface area contributed by atoms with Crippen molar-refractivity contribution in [3.63, 3.8) is 0 Å². The molecule has 12 heavy (non-hydrogen) atoms. The van der Waals surface area contributed by atoms with E-state index in [1.807, 2.05) is 0 Å². The zero-order valence-electron chi connectivity index (χ0n) is 8.47. The van der Waals surface area contributed by atoms with Crippen LogP contribution >= 0.6 is 0 Å². The first-order chi connectivity index (χ1) is 5.66. The maximum absolute atomic E-state index is 5.80. The van der Waals surface area contributed by atoms with Gasteiger partial charge in [-0.2, -0.15) is 0 Å². The zero-order valence-corrected chi connectivity index (χ0v) is 8.47. The Kier molecular flexibility index (Phi) is 7.45. The number of hydrogen-bond donors (Lipinski definition) is 2. The summed E-state index contributed by atoms with van der Waals surface area (Å²) in [5.41, 5.74) is 5.80. The van der Waals surface area contributed by atoms with Crippen molar-refractivity contribution in [3.8, 4) is 0 Å². The van der Waals surface area contributed by atoms with Gasteiger partial charge in [-0.1, -0.05) is 13.8 Å². The van der Waals surface area contributed by atoms with Crippen molar-refractivity contribution >= 4 is 0 Å². The molecule has 0 aromatic heterocycles. The van der Waals surface area contributed by atoms with Gasteiger partial charge in [-0.25, -0.2) is 0 Å². The van der Waals surface area contributed by atoms with Crippen LogP contribution in [-0.4, -0.2) is 32.8 Å². The lowest BCUT2D eigenvalue weighted by Crippen LogP contribution is -2.36. The molecule has 74 valence electrons. The number of rotatable bonds is 7. The van der Waals surface area contributed by atoms with Crippen LogP contribution in [0.4, 0.5) is 0 Å². The Hall–Kier alpha value is -0.120. The fourth-order valence-electron chi connectivity index (χ4n) is 0.929. The average molecular weight is 174 g/mol. The molecule has 0 amide bonds. The molecule has 0 saturated heterocycles. The highest BCUT2D eigenvalue weighted by Gasteiger charge is 2.01. The molecule has 0 aliphatic carbocycles. The molecule has 0 aliphatic rings. The number of ether oxygens (including phenoxy) is 1. The van der Waals surface area contributed by atoms with E-state index in [4.69, 9.17) is 10.5 Å². The molecule has 0 fully saturated rings. The largest absolute Gasteiger partial charge is 0.385 e. The Balaban J connectivity index is 3.13. The van der Waals surface area contributed by atoms with Gasteiger partial charge in [0.15, 0.2) is 0 Å². The lowest BCUT2D eigenvalue weighted by Gasteiger charge is -2.13. The standard InChI is InChI=1S/C9H22N2O/c1-8(2)6-11-7-9(10)4-5-12-3/h8-9,11H,4-7,10H2,1-3H3. The molecule has 0 aliphatic heterocycles. The highest BCUT2D eigenvalue weighted by atomic mass is 16.5. The molecule has 0 heterocycles. The second-order valence-corrected chi connectivity index (χ2v) is 3.59. The van der Waals surface area contributed by atoms with Crippen LogP contribution in [0, 0.1) is 5.92 Å². The van der Waals surface area contributed by atoms with Crippen LogP contribution in [0.3, 0.4) is 0 Å². The minimum absolute atomic E-state index is 0.226. The molecular formula is C9H22N2O. The lowest BCUT2D eigenvalue weighted by atomic mass is 10.2. The van der Waals surface area contributed by atoms with Gasteiger partial charge in [0.1, 0.15) is 0 Å². The molecule has 3 N–H and O–H groups in total. The van der Waals surface area contributed by atoms with E-state index in [9.17, 15) is 0 Å². The third-order valence-corrected chi connectivity index (χ3v) is 1.65. The summed E-state index contributed by atoms with van der Waals surface area (Å²) < 4.78 is 4.93. The lowest BCUT2D eigenvalue weighted by molar-refractivity contribution is 0.187. The van der Waals surface area contributed by atoms with E-state index in [0.717, 1.165) is 26.1 Å². The molecule has 3 heteroatoms. The smallest absolute Gasteiger partial charge is 0.0477 e. The summed E-state index contributed by atoms with van der Waals surface area (Å²) in [6.07, 6.45) is 0.932. The summed E-state index contributed by atoms with van der Waals surface area (Å²) in [6, 6.07) is 0.226. The first kappa shape index (κ1) is 11.9. The van der Waals surface area contributed by atoms with Gasteiger partial charge in [0.25, 0.3) is 0 Å². The van der Waals surface area contributed by atoms with Crippen LogP contribution in [-0.2, 0) is 4.74 Å². The molecule has 0 radical (unpaired) electrons. The van der Waals surface area contributed by atoms with E-state index in [0.29, 0.717) is 5.92 Å².